The molecule has 15 heteroatoms. The Morgan fingerprint density at radius 2 is 1.68 bits per heavy atom. The number of likely N-dealkylation sites (N-methyl/N-ethyl adjacent to an activating group) is 1. The summed E-state index contributed by atoms with van der Waals surface area (Å²) in [6.07, 6.45) is 5.20. The second kappa shape index (κ2) is 14.4. The quantitative estimate of drug-likeness (QED) is 0.281. The minimum Gasteiger partial charge on any atom is -0.348 e. The van der Waals surface area contributed by atoms with Gasteiger partial charge in [0.25, 0.3) is 11.8 Å². The van der Waals surface area contributed by atoms with Crippen LogP contribution in [0.3, 0.4) is 0 Å². The molecule has 1 saturated heterocycles. The van der Waals surface area contributed by atoms with E-state index in [1.54, 1.807) is 31.3 Å². The van der Waals surface area contributed by atoms with E-state index in [0.29, 0.717) is 25.1 Å². The molecule has 0 aliphatic carbocycles. The van der Waals surface area contributed by atoms with Crippen LogP contribution in [0.4, 0.5) is 11.4 Å². The number of halogens is 2. The Morgan fingerprint density at radius 1 is 1.02 bits per heavy atom. The molecular formula is C29H33Cl2N7O5S. The van der Waals surface area contributed by atoms with E-state index in [4.69, 9.17) is 23.2 Å². The molecule has 12 nitrogen and oxygen atoms in total. The van der Waals surface area contributed by atoms with Gasteiger partial charge in [-0.1, -0.05) is 41.4 Å². The highest BCUT2D eigenvalue weighted by atomic mass is 35.5. The number of rotatable bonds is 10. The summed E-state index contributed by atoms with van der Waals surface area (Å²) in [6, 6.07) is 10.5. The molecule has 2 aromatic carbocycles. The van der Waals surface area contributed by atoms with Crippen molar-refractivity contribution < 1.29 is 22.8 Å². The standard InChI is InChI=1S/C29H33Cl2N7O5S/c1-36(2)14-6-11-25(39)33-20-7-4-8-21(17-20)44(42,43)38-15-12-19(13-16-38)34-29(41)27-24(18-32-37(27)3)35-28(40)26-22(30)9-5-10-23(26)31/h4-11,17-19H,12-16H2,1-3H3,(H,33,39)(H,34,41)(H,35,40). The summed E-state index contributed by atoms with van der Waals surface area (Å²) in [5, 5.41) is 12.7. The van der Waals surface area contributed by atoms with Gasteiger partial charge in [0.1, 0.15) is 5.69 Å². The lowest BCUT2D eigenvalue weighted by molar-refractivity contribution is -0.111. The van der Waals surface area contributed by atoms with E-state index in [1.807, 2.05) is 19.0 Å². The van der Waals surface area contributed by atoms with Gasteiger partial charge in [-0.25, -0.2) is 8.42 Å². The van der Waals surface area contributed by atoms with Gasteiger partial charge in [-0.2, -0.15) is 9.40 Å². The number of benzene rings is 2. The molecular weight excluding hydrogens is 629 g/mol. The number of carbonyl (C=O) groups excluding carboxylic acids is 3. The van der Waals surface area contributed by atoms with Gasteiger partial charge in [0.05, 0.1) is 32.4 Å². The number of nitrogens with zero attached hydrogens (tertiary/aromatic N) is 4. The second-order valence-electron chi connectivity index (χ2n) is 10.4. The molecule has 0 atom stereocenters. The van der Waals surface area contributed by atoms with Gasteiger partial charge in [-0.05, 0) is 57.3 Å². The van der Waals surface area contributed by atoms with Crippen LogP contribution in [0, 0.1) is 0 Å². The third kappa shape index (κ3) is 8.04. The van der Waals surface area contributed by atoms with Crippen molar-refractivity contribution in [2.24, 2.45) is 7.05 Å². The van der Waals surface area contributed by atoms with Crippen LogP contribution in [0.5, 0.6) is 0 Å². The first kappa shape index (κ1) is 33.1. The number of hydrogen-bond acceptors (Lipinski definition) is 7. The Hall–Kier alpha value is -3.75. The van der Waals surface area contributed by atoms with Crippen molar-refractivity contribution in [2.45, 2.75) is 23.8 Å². The molecule has 3 amide bonds. The molecule has 2 heterocycles. The lowest BCUT2D eigenvalue weighted by Gasteiger charge is -2.31. The highest BCUT2D eigenvalue weighted by Crippen LogP contribution is 2.27. The Morgan fingerprint density at radius 3 is 2.34 bits per heavy atom. The molecule has 0 unspecified atom stereocenters. The summed E-state index contributed by atoms with van der Waals surface area (Å²) in [5.74, 6) is -1.43. The van der Waals surface area contributed by atoms with E-state index in [9.17, 15) is 22.8 Å². The van der Waals surface area contributed by atoms with Crippen molar-refractivity contribution in [3.8, 4) is 0 Å². The number of sulfonamides is 1. The molecule has 1 aliphatic rings. The Kier molecular flexibility index (Phi) is 10.8. The van der Waals surface area contributed by atoms with Crippen LogP contribution in [-0.4, -0.2) is 84.9 Å². The zero-order valence-corrected chi connectivity index (χ0v) is 26.7. The average Bonchev–Trinajstić information content (AvgIpc) is 3.32. The molecule has 0 saturated carbocycles. The fourth-order valence-electron chi connectivity index (χ4n) is 4.63. The molecule has 0 radical (unpaired) electrons. The van der Waals surface area contributed by atoms with Crippen LogP contribution in [0.1, 0.15) is 33.7 Å². The highest BCUT2D eigenvalue weighted by molar-refractivity contribution is 7.89. The first-order valence-corrected chi connectivity index (χ1v) is 15.9. The van der Waals surface area contributed by atoms with Crippen molar-refractivity contribution in [1.29, 1.82) is 0 Å². The number of aryl methyl sites for hydroxylation is 1. The van der Waals surface area contributed by atoms with Crippen molar-refractivity contribution in [2.75, 3.05) is 44.4 Å². The number of amides is 3. The molecule has 0 spiro atoms. The predicted molar refractivity (Wildman–Crippen MR) is 170 cm³/mol. The molecule has 1 fully saturated rings. The number of anilines is 2. The van der Waals surface area contributed by atoms with E-state index in [0.717, 1.165) is 0 Å². The summed E-state index contributed by atoms with van der Waals surface area (Å²) in [7, 11) is 1.49. The number of nitrogens with one attached hydrogen (secondary N) is 3. The van der Waals surface area contributed by atoms with Crippen molar-refractivity contribution in [1.82, 2.24) is 24.3 Å². The Labute approximate surface area is 266 Å². The van der Waals surface area contributed by atoms with Crippen molar-refractivity contribution in [3.05, 3.63) is 82.1 Å². The SMILES string of the molecule is CN(C)CC=CC(=O)Nc1cccc(S(=O)(=O)N2CCC(NC(=O)c3c(NC(=O)c4c(Cl)cccc4Cl)cnn3C)CC2)c1. The molecule has 3 N–H and O–H groups in total. The highest BCUT2D eigenvalue weighted by Gasteiger charge is 2.31. The number of aromatic nitrogens is 2. The van der Waals surface area contributed by atoms with E-state index < -0.39 is 21.8 Å². The van der Waals surface area contributed by atoms with Crippen molar-refractivity contribution >= 4 is 62.3 Å². The van der Waals surface area contributed by atoms with E-state index in [-0.39, 0.29) is 56.9 Å². The monoisotopic (exact) mass is 661 g/mol. The van der Waals surface area contributed by atoms with Gasteiger partial charge in [0.2, 0.25) is 15.9 Å². The second-order valence-corrected chi connectivity index (χ2v) is 13.2. The van der Waals surface area contributed by atoms with Crippen LogP contribution in [0.2, 0.25) is 10.0 Å². The largest absolute Gasteiger partial charge is 0.348 e. The zero-order chi connectivity index (χ0) is 32.0. The van der Waals surface area contributed by atoms with Crippen LogP contribution < -0.4 is 16.0 Å². The summed E-state index contributed by atoms with van der Waals surface area (Å²) in [6.45, 7) is 0.950. The molecule has 1 aromatic heterocycles. The molecule has 1 aliphatic heterocycles. The van der Waals surface area contributed by atoms with Gasteiger partial charge in [-0.3, -0.25) is 19.1 Å². The average molecular weight is 663 g/mol. The fourth-order valence-corrected chi connectivity index (χ4v) is 6.72. The Bertz CT molecular complexity index is 1660. The summed E-state index contributed by atoms with van der Waals surface area (Å²) < 4.78 is 29.5. The van der Waals surface area contributed by atoms with E-state index >= 15 is 0 Å². The number of carbonyl (C=O) groups is 3. The minimum atomic E-state index is -3.84. The maximum absolute atomic E-state index is 13.4. The molecule has 0 bridgehead atoms. The summed E-state index contributed by atoms with van der Waals surface area (Å²) in [4.78, 5) is 40.3. The predicted octanol–water partition coefficient (Wildman–Crippen LogP) is 3.62. The van der Waals surface area contributed by atoms with Gasteiger partial charge < -0.3 is 20.9 Å². The summed E-state index contributed by atoms with van der Waals surface area (Å²) >= 11 is 12.3. The number of piperidine rings is 1. The molecule has 3 aromatic rings. The van der Waals surface area contributed by atoms with Crippen LogP contribution in [0.25, 0.3) is 0 Å². The lowest BCUT2D eigenvalue weighted by Crippen LogP contribution is -2.46. The fraction of sp³-hybridized carbons (Fsp3) is 0.310. The molecule has 44 heavy (non-hydrogen) atoms. The summed E-state index contributed by atoms with van der Waals surface area (Å²) in [5.41, 5.74) is 0.728. The maximum Gasteiger partial charge on any atom is 0.271 e. The molecule has 4 rings (SSSR count). The maximum atomic E-state index is 13.4. The van der Waals surface area contributed by atoms with Crippen LogP contribution in [0.15, 0.2) is 65.7 Å². The molecule has 234 valence electrons. The van der Waals surface area contributed by atoms with Gasteiger partial charge in [-0.15, -0.1) is 0 Å². The minimum absolute atomic E-state index is 0.0592. The first-order valence-electron chi connectivity index (χ1n) is 13.7. The van der Waals surface area contributed by atoms with Crippen molar-refractivity contribution in [3.63, 3.8) is 0 Å². The Balaban J connectivity index is 1.37. The van der Waals surface area contributed by atoms with Gasteiger partial charge >= 0.3 is 0 Å². The normalized spacial score (nSPS) is 14.6. The zero-order valence-electron chi connectivity index (χ0n) is 24.4. The third-order valence-corrected chi connectivity index (χ3v) is 9.38. The third-order valence-electron chi connectivity index (χ3n) is 6.86. The first-order chi connectivity index (χ1) is 20.9. The van der Waals surface area contributed by atoms with E-state index in [1.165, 1.54) is 45.5 Å². The lowest BCUT2D eigenvalue weighted by atomic mass is 10.1. The smallest absolute Gasteiger partial charge is 0.271 e. The number of hydrogen-bond donors (Lipinski definition) is 3. The van der Waals surface area contributed by atoms with Gasteiger partial charge in [0, 0.05) is 44.5 Å². The van der Waals surface area contributed by atoms with E-state index in [2.05, 4.69) is 21.0 Å². The van der Waals surface area contributed by atoms with Gasteiger partial charge in [0.15, 0.2) is 0 Å². The van der Waals surface area contributed by atoms with Crippen LogP contribution >= 0.6 is 23.2 Å². The topological polar surface area (TPSA) is 146 Å². The van der Waals surface area contributed by atoms with Crippen LogP contribution in [-0.2, 0) is 21.9 Å².